The molecular weight excluding hydrogens is 384 g/mol. The van der Waals surface area contributed by atoms with E-state index in [4.69, 9.17) is 27.9 Å². The average Bonchev–Trinajstić information content (AvgIpc) is 2.42. The lowest BCUT2D eigenvalue weighted by atomic mass is 10.3. The van der Waals surface area contributed by atoms with Crippen LogP contribution in [-0.4, -0.2) is 12.5 Å². The monoisotopic (exact) mass is 391 g/mol. The zero-order valence-electron chi connectivity index (χ0n) is 10.5. The van der Waals surface area contributed by atoms with Crippen LogP contribution < -0.4 is 10.1 Å². The van der Waals surface area contributed by atoms with Crippen LogP contribution in [0, 0.1) is 5.82 Å². The van der Waals surface area contributed by atoms with Gasteiger partial charge in [0.25, 0.3) is 5.91 Å². The first-order chi connectivity index (χ1) is 9.95. The second-order valence-electron chi connectivity index (χ2n) is 4.04. The van der Waals surface area contributed by atoms with Crippen LogP contribution in [0.25, 0.3) is 0 Å². The Labute approximate surface area is 139 Å². The van der Waals surface area contributed by atoms with Gasteiger partial charge in [0.2, 0.25) is 0 Å². The van der Waals surface area contributed by atoms with Gasteiger partial charge in [0.1, 0.15) is 11.6 Å². The van der Waals surface area contributed by atoms with Gasteiger partial charge in [0, 0.05) is 10.7 Å². The normalized spacial score (nSPS) is 10.3. The molecule has 2 aromatic carbocycles. The molecule has 0 bridgehead atoms. The van der Waals surface area contributed by atoms with E-state index in [0.717, 1.165) is 0 Å². The Morgan fingerprint density at radius 3 is 2.67 bits per heavy atom. The number of anilines is 1. The minimum Gasteiger partial charge on any atom is -0.483 e. The summed E-state index contributed by atoms with van der Waals surface area (Å²) in [7, 11) is 0. The Hall–Kier alpha value is -1.30. The van der Waals surface area contributed by atoms with Crippen molar-refractivity contribution >= 4 is 50.7 Å². The van der Waals surface area contributed by atoms with Crippen LogP contribution in [0.1, 0.15) is 0 Å². The molecule has 110 valence electrons. The summed E-state index contributed by atoms with van der Waals surface area (Å²) in [6.45, 7) is -0.199. The molecule has 1 N–H and O–H groups in total. The third-order valence-corrected chi connectivity index (χ3v) is 3.60. The molecule has 0 aromatic heterocycles. The fourth-order valence-corrected chi connectivity index (χ4v) is 2.48. The van der Waals surface area contributed by atoms with Gasteiger partial charge in [0.05, 0.1) is 9.50 Å². The summed E-state index contributed by atoms with van der Waals surface area (Å²) >= 11 is 14.7. The molecule has 0 unspecified atom stereocenters. The highest BCUT2D eigenvalue weighted by atomic mass is 79.9. The Balaban J connectivity index is 1.94. The lowest BCUT2D eigenvalue weighted by Gasteiger charge is -2.09. The molecule has 7 heteroatoms. The average molecular weight is 393 g/mol. The summed E-state index contributed by atoms with van der Waals surface area (Å²) in [4.78, 5) is 11.7. The molecule has 0 heterocycles. The van der Waals surface area contributed by atoms with E-state index in [9.17, 15) is 9.18 Å². The minimum absolute atomic E-state index is 0.0610. The Kier molecular flexibility index (Phi) is 5.45. The summed E-state index contributed by atoms with van der Waals surface area (Å²) in [5.74, 6) is -0.442. The number of rotatable bonds is 4. The minimum atomic E-state index is -0.545. The molecule has 2 rings (SSSR count). The van der Waals surface area contributed by atoms with Crippen molar-refractivity contribution in [2.45, 2.75) is 0 Å². The van der Waals surface area contributed by atoms with E-state index >= 15 is 0 Å². The van der Waals surface area contributed by atoms with Gasteiger partial charge in [-0.05, 0) is 52.3 Å². The third-order valence-electron chi connectivity index (χ3n) is 2.46. The van der Waals surface area contributed by atoms with Gasteiger partial charge in [0.15, 0.2) is 6.61 Å². The van der Waals surface area contributed by atoms with Gasteiger partial charge in [-0.1, -0.05) is 23.2 Å². The first-order valence-corrected chi connectivity index (χ1v) is 7.33. The summed E-state index contributed by atoms with van der Waals surface area (Å²) in [5.41, 5.74) is 0.394. The summed E-state index contributed by atoms with van der Waals surface area (Å²) < 4.78 is 19.0. The van der Waals surface area contributed by atoms with E-state index in [1.807, 2.05) is 0 Å². The predicted molar refractivity (Wildman–Crippen MR) is 84.7 cm³/mol. The fourth-order valence-electron chi connectivity index (χ4n) is 1.51. The third kappa shape index (κ3) is 4.59. The highest BCUT2D eigenvalue weighted by Crippen LogP contribution is 2.28. The smallest absolute Gasteiger partial charge is 0.262 e. The molecule has 0 radical (unpaired) electrons. The summed E-state index contributed by atoms with van der Waals surface area (Å²) in [5, 5.41) is 3.05. The molecule has 0 aliphatic carbocycles. The number of hydrogen-bond acceptors (Lipinski definition) is 2. The molecule has 0 aliphatic rings. The molecule has 0 atom stereocenters. The van der Waals surface area contributed by atoms with Crippen LogP contribution in [-0.2, 0) is 4.79 Å². The standard InChI is InChI=1S/C14H9BrCl2FNO2/c15-10-5-8(16)1-4-13(10)21-7-14(20)19-9-2-3-12(18)11(17)6-9/h1-6H,7H2,(H,19,20). The Morgan fingerprint density at radius 2 is 2.00 bits per heavy atom. The molecule has 0 fully saturated rings. The van der Waals surface area contributed by atoms with Gasteiger partial charge in [-0.3, -0.25) is 4.79 Å². The van der Waals surface area contributed by atoms with Gasteiger partial charge in [-0.2, -0.15) is 0 Å². The quantitative estimate of drug-likeness (QED) is 0.802. The van der Waals surface area contributed by atoms with Crippen molar-refractivity contribution < 1.29 is 13.9 Å². The number of carbonyl (C=O) groups excluding carboxylic acids is 1. The topological polar surface area (TPSA) is 38.3 Å². The second kappa shape index (κ2) is 7.11. The molecule has 0 saturated heterocycles. The van der Waals surface area contributed by atoms with Crippen LogP contribution in [0.15, 0.2) is 40.9 Å². The Bertz CT molecular complexity index is 682. The van der Waals surface area contributed by atoms with Crippen molar-refractivity contribution in [2.75, 3.05) is 11.9 Å². The largest absolute Gasteiger partial charge is 0.483 e. The van der Waals surface area contributed by atoms with E-state index in [0.29, 0.717) is 20.9 Å². The number of nitrogens with one attached hydrogen (secondary N) is 1. The predicted octanol–water partition coefficient (Wildman–Crippen LogP) is 4.91. The SMILES string of the molecule is O=C(COc1ccc(Cl)cc1Br)Nc1ccc(F)c(Cl)c1. The van der Waals surface area contributed by atoms with Crippen LogP contribution in [0.2, 0.25) is 10.0 Å². The summed E-state index contributed by atoms with van der Waals surface area (Å²) in [6.07, 6.45) is 0. The molecule has 1 amide bonds. The van der Waals surface area contributed by atoms with E-state index in [2.05, 4.69) is 21.2 Å². The lowest BCUT2D eigenvalue weighted by Crippen LogP contribution is -2.20. The van der Waals surface area contributed by atoms with Crippen molar-refractivity contribution in [1.29, 1.82) is 0 Å². The molecule has 0 aliphatic heterocycles. The Morgan fingerprint density at radius 1 is 1.24 bits per heavy atom. The summed E-state index contributed by atoms with van der Waals surface area (Å²) in [6, 6.07) is 8.88. The van der Waals surface area contributed by atoms with Crippen LogP contribution >= 0.6 is 39.1 Å². The first-order valence-electron chi connectivity index (χ1n) is 5.78. The van der Waals surface area contributed by atoms with Gasteiger partial charge in [-0.15, -0.1) is 0 Å². The molecular formula is C14H9BrCl2FNO2. The highest BCUT2D eigenvalue weighted by Gasteiger charge is 2.08. The van der Waals surface area contributed by atoms with Crippen molar-refractivity contribution in [1.82, 2.24) is 0 Å². The highest BCUT2D eigenvalue weighted by molar-refractivity contribution is 9.10. The number of carbonyl (C=O) groups is 1. The van der Waals surface area contributed by atoms with Crippen LogP contribution in [0.4, 0.5) is 10.1 Å². The number of amides is 1. The number of benzene rings is 2. The van der Waals surface area contributed by atoms with Crippen LogP contribution in [0.3, 0.4) is 0 Å². The van der Waals surface area contributed by atoms with Gasteiger partial charge < -0.3 is 10.1 Å². The first kappa shape index (κ1) is 16.1. The molecule has 2 aromatic rings. The number of ether oxygens (including phenoxy) is 1. The number of halogens is 4. The molecule has 3 nitrogen and oxygen atoms in total. The van der Waals surface area contributed by atoms with E-state index in [1.165, 1.54) is 18.2 Å². The van der Waals surface area contributed by atoms with Crippen molar-refractivity contribution in [2.24, 2.45) is 0 Å². The van der Waals surface area contributed by atoms with Crippen molar-refractivity contribution in [3.8, 4) is 5.75 Å². The number of hydrogen-bond donors (Lipinski definition) is 1. The maximum atomic E-state index is 13.0. The zero-order valence-corrected chi connectivity index (χ0v) is 13.6. The van der Waals surface area contributed by atoms with Crippen molar-refractivity contribution in [3.05, 3.63) is 56.7 Å². The lowest BCUT2D eigenvalue weighted by molar-refractivity contribution is -0.118. The molecule has 0 spiro atoms. The van der Waals surface area contributed by atoms with Gasteiger partial charge in [-0.25, -0.2) is 4.39 Å². The van der Waals surface area contributed by atoms with E-state index in [-0.39, 0.29) is 17.5 Å². The van der Waals surface area contributed by atoms with Crippen molar-refractivity contribution in [3.63, 3.8) is 0 Å². The zero-order chi connectivity index (χ0) is 15.4. The second-order valence-corrected chi connectivity index (χ2v) is 5.74. The molecule has 0 saturated carbocycles. The van der Waals surface area contributed by atoms with E-state index in [1.54, 1.807) is 18.2 Å². The fraction of sp³-hybridized carbons (Fsp3) is 0.0714. The van der Waals surface area contributed by atoms with Crippen LogP contribution in [0.5, 0.6) is 5.75 Å². The maximum absolute atomic E-state index is 13.0. The maximum Gasteiger partial charge on any atom is 0.262 e. The van der Waals surface area contributed by atoms with Gasteiger partial charge >= 0.3 is 0 Å². The molecule has 21 heavy (non-hydrogen) atoms. The van der Waals surface area contributed by atoms with E-state index < -0.39 is 5.82 Å².